The molecule has 1 fully saturated rings. The Kier molecular flexibility index (Phi) is 1.24. The van der Waals surface area contributed by atoms with Crippen LogP contribution in [0.25, 0.3) is 0 Å². The molecule has 0 aromatic carbocycles. The molecule has 7 heavy (non-hydrogen) atoms. The average Bonchev–Trinajstić information content (AvgIpc) is 1.86. The Bertz CT molecular complexity index is 64.6. The van der Waals surface area contributed by atoms with E-state index in [4.69, 9.17) is 0 Å². The maximum absolute atomic E-state index is 9.77. The summed E-state index contributed by atoms with van der Waals surface area (Å²) in [5.74, 6) is 0. The molecule has 0 aromatic heterocycles. The van der Waals surface area contributed by atoms with Crippen LogP contribution in [0, 0.1) is 6.61 Å². The molecule has 0 amide bonds. The van der Waals surface area contributed by atoms with Crippen LogP contribution in [0.4, 0.5) is 4.79 Å². The van der Waals surface area contributed by atoms with Crippen LogP contribution >= 0.6 is 0 Å². The van der Waals surface area contributed by atoms with Crippen molar-refractivity contribution in [2.45, 2.75) is 0 Å². The summed E-state index contributed by atoms with van der Waals surface area (Å²) < 4.78 is 8.40. The number of cyclic esters (lactones) is 2. The molecule has 4 heteroatoms. The van der Waals surface area contributed by atoms with E-state index in [1.807, 2.05) is 0 Å². The van der Waals surface area contributed by atoms with Gasteiger partial charge in [-0.15, -0.1) is 6.61 Å². The van der Waals surface area contributed by atoms with Crippen LogP contribution in [0.2, 0.25) is 0 Å². The van der Waals surface area contributed by atoms with Gasteiger partial charge in [0.1, 0.15) is 0 Å². The first-order valence-corrected chi connectivity index (χ1v) is 1.54. The summed E-state index contributed by atoms with van der Waals surface area (Å²) >= 11 is 0. The van der Waals surface area contributed by atoms with E-state index in [2.05, 4.69) is 9.47 Å². The van der Waals surface area contributed by atoms with Crippen molar-refractivity contribution >= 4 is 6.16 Å². The largest absolute Gasteiger partial charge is 0.603 e. The fourth-order valence-corrected chi connectivity index (χ4v) is 0.238. The van der Waals surface area contributed by atoms with Gasteiger partial charge in [0.25, 0.3) is 0 Å². The van der Waals surface area contributed by atoms with Gasteiger partial charge in [0.2, 0.25) is 0 Å². The number of ether oxygens (including phenoxy) is 2. The minimum Gasteiger partial charge on any atom is -0.603 e. The third-order valence-corrected chi connectivity index (χ3v) is 0.449. The summed E-state index contributed by atoms with van der Waals surface area (Å²) in [7, 11) is 0. The van der Waals surface area contributed by atoms with E-state index >= 15 is 0 Å². The molecule has 1 saturated heterocycles. The monoisotopic (exact) mass is 354 g/mol. The van der Waals surface area contributed by atoms with Gasteiger partial charge in [-0.3, -0.25) is 0 Å². The quantitative estimate of drug-likeness (QED) is 0.464. The van der Waals surface area contributed by atoms with Crippen molar-refractivity contribution in [2.24, 2.45) is 0 Å². The second kappa shape index (κ2) is 1.64. The molecular formula is C3H3O3Rf-. The van der Waals surface area contributed by atoms with Crippen LogP contribution in [0.5, 0.6) is 0 Å². The topological polar surface area (TPSA) is 35.5 Å². The molecule has 3 nitrogen and oxygen atoms in total. The molecule has 0 aliphatic carbocycles. The molecule has 1 aliphatic rings. The molecule has 0 radical (unpaired) electrons. The molecule has 36 valence electrons. The van der Waals surface area contributed by atoms with Gasteiger partial charge in [-0.2, -0.15) is 0 Å². The first-order valence-electron chi connectivity index (χ1n) is 1.54. The predicted molar refractivity (Wildman–Crippen MR) is 16.7 cm³/mol. The van der Waals surface area contributed by atoms with Crippen molar-refractivity contribution < 1.29 is 14.3 Å². The fourth-order valence-electron chi connectivity index (χ4n) is 0.238. The fraction of sp³-hybridized carbons (Fsp3) is 0.333. The van der Waals surface area contributed by atoms with E-state index in [1.165, 1.54) is 6.61 Å². The Balaban J connectivity index is 0.000000360. The molecule has 1 heterocycles. The van der Waals surface area contributed by atoms with Gasteiger partial charge in [-0.1, -0.05) is 0 Å². The smallest absolute Gasteiger partial charge is 0.473 e. The molecule has 0 spiro atoms. The van der Waals surface area contributed by atoms with Crippen molar-refractivity contribution in [1.82, 2.24) is 0 Å². The third-order valence-electron chi connectivity index (χ3n) is 0.449. The Morgan fingerprint density at radius 1 is 1.71 bits per heavy atom. The molecule has 1 rings (SSSR count). The Morgan fingerprint density at radius 2 is 2.43 bits per heavy atom. The Hall–Kier alpha value is -1.73. The maximum Gasteiger partial charge on any atom is 0.473 e. The van der Waals surface area contributed by atoms with E-state index in [0.29, 0.717) is 6.61 Å². The van der Waals surface area contributed by atoms with Gasteiger partial charge < -0.3 is 9.47 Å². The second-order valence-corrected chi connectivity index (χ2v) is 0.846. The number of hydrogen-bond donors (Lipinski definition) is 0. The van der Waals surface area contributed by atoms with E-state index in [1.54, 1.807) is 0 Å². The van der Waals surface area contributed by atoms with Crippen molar-refractivity contribution in [3.05, 3.63) is 6.61 Å². The van der Waals surface area contributed by atoms with Gasteiger partial charge in [0.15, 0.2) is 0 Å². The van der Waals surface area contributed by atoms with Crippen molar-refractivity contribution in [3.8, 4) is 0 Å². The van der Waals surface area contributed by atoms with Crippen LogP contribution in [0.1, 0.15) is 0 Å². The molecule has 0 aromatic rings. The minimum absolute atomic E-state index is 0. The number of carbonyl (C=O) groups is 1. The van der Waals surface area contributed by atoms with Gasteiger partial charge in [0, 0.05) is 6.61 Å². The molecule has 0 bridgehead atoms. The van der Waals surface area contributed by atoms with Crippen LogP contribution in [0.3, 0.4) is 0 Å². The molecule has 0 atom stereocenters. The molecular weight excluding hydrogens is 351 g/mol. The summed E-state index contributed by atoms with van der Waals surface area (Å²) in [4.78, 5) is 9.77. The van der Waals surface area contributed by atoms with Crippen LogP contribution in [-0.4, -0.2) is 12.8 Å². The Labute approximate surface area is 34.9 Å². The van der Waals surface area contributed by atoms with E-state index in [9.17, 15) is 4.79 Å². The van der Waals surface area contributed by atoms with Gasteiger partial charge >= 0.3 is 6.16 Å². The third kappa shape index (κ3) is 0.792. The van der Waals surface area contributed by atoms with Crippen LogP contribution in [-0.2, 0) is 9.47 Å². The normalized spacial score (nSPS) is 16.9. The number of hydrogen-bond acceptors (Lipinski definition) is 3. The number of carbonyl (C=O) groups excluding carboxylic acids is 1. The van der Waals surface area contributed by atoms with Crippen molar-refractivity contribution in [3.63, 3.8) is 0 Å². The van der Waals surface area contributed by atoms with Crippen LogP contribution in [0.15, 0.2) is 0 Å². The summed E-state index contributed by atoms with van der Waals surface area (Å²) in [6.07, 6.45) is -0.602. The number of rotatable bonds is 0. The summed E-state index contributed by atoms with van der Waals surface area (Å²) in [6.45, 7) is 1.60. The van der Waals surface area contributed by atoms with Gasteiger partial charge in [-0.05, 0) is 0 Å². The summed E-state index contributed by atoms with van der Waals surface area (Å²) in [5.41, 5.74) is 0. The van der Waals surface area contributed by atoms with Gasteiger partial charge in [-0.25, -0.2) is 4.79 Å². The van der Waals surface area contributed by atoms with Crippen molar-refractivity contribution in [1.29, 1.82) is 0 Å². The van der Waals surface area contributed by atoms with E-state index in [-0.39, 0.29) is 0 Å². The average molecular weight is 354 g/mol. The zero-order valence-corrected chi connectivity index (χ0v) is 10.1. The molecule has 1 aliphatic heterocycles. The predicted octanol–water partition coefficient (Wildman–Crippen LogP) is 0.315. The van der Waals surface area contributed by atoms with Crippen molar-refractivity contribution in [2.75, 3.05) is 6.61 Å². The van der Waals surface area contributed by atoms with Gasteiger partial charge in [0.05, 0.1) is 0 Å². The van der Waals surface area contributed by atoms with E-state index in [0.717, 1.165) is 0 Å². The first-order chi connectivity index (χ1) is 2.89. The maximum atomic E-state index is 9.77. The van der Waals surface area contributed by atoms with E-state index < -0.39 is 6.16 Å². The molecule has 0 saturated carbocycles. The first kappa shape index (κ1) is 5.27. The zero-order chi connectivity index (χ0) is 4.41. The minimum atomic E-state index is -0.602. The second-order valence-electron chi connectivity index (χ2n) is 0.846. The molecule has 0 unspecified atom stereocenters. The Morgan fingerprint density at radius 3 is 2.57 bits per heavy atom. The van der Waals surface area contributed by atoms with Crippen LogP contribution < -0.4 is 0 Å². The SMILES string of the molecule is O=C1O[CH-]CO1.[Rf]. The molecule has 0 N–H and O–H groups in total. The standard InChI is InChI=1S/C3H3O3.Rf/c4-3-5-1-2-6-3;/h1H,2H2;/q-1;. The summed E-state index contributed by atoms with van der Waals surface area (Å²) in [6, 6.07) is 0. The summed E-state index contributed by atoms with van der Waals surface area (Å²) in [5, 5.41) is 0. The zero-order valence-electron chi connectivity index (χ0n) is 3.72.